The van der Waals surface area contributed by atoms with Crippen LogP contribution in [0.25, 0.3) is 10.9 Å². The van der Waals surface area contributed by atoms with Crippen LogP contribution in [-0.2, 0) is 35.2 Å². The van der Waals surface area contributed by atoms with Crippen LogP contribution in [0, 0.1) is 11.8 Å². The van der Waals surface area contributed by atoms with Gasteiger partial charge in [-0.1, -0.05) is 58.7 Å². The molecule has 9 N–H and O–H groups in total. The minimum absolute atomic E-state index is 0.0121. The summed E-state index contributed by atoms with van der Waals surface area (Å²) in [5.74, 6) is -4.93. The van der Waals surface area contributed by atoms with Gasteiger partial charge in [-0.3, -0.25) is 34.0 Å². The van der Waals surface area contributed by atoms with Gasteiger partial charge in [0.15, 0.2) is 0 Å². The number of benzene rings is 1. The van der Waals surface area contributed by atoms with E-state index in [0.717, 1.165) is 10.9 Å². The van der Waals surface area contributed by atoms with Crippen LogP contribution in [0.5, 0.6) is 0 Å². The maximum absolute atomic E-state index is 13.7. The lowest BCUT2D eigenvalue weighted by atomic mass is 9.94. The van der Waals surface area contributed by atoms with Crippen LogP contribution < -0.4 is 32.5 Å². The van der Waals surface area contributed by atoms with Gasteiger partial charge in [-0.05, 0) is 23.5 Å². The summed E-state index contributed by atoms with van der Waals surface area (Å²) < 4.78 is 0. The normalized spacial score (nSPS) is 15.2. The second-order valence-electron chi connectivity index (χ2n) is 10.8. The van der Waals surface area contributed by atoms with E-state index in [1.54, 1.807) is 13.1 Å². The van der Waals surface area contributed by atoms with Crippen molar-refractivity contribution in [3.05, 3.63) is 36.0 Å². The zero-order valence-electron chi connectivity index (χ0n) is 25.2. The van der Waals surface area contributed by atoms with E-state index in [0.29, 0.717) is 18.4 Å². The molecule has 0 aliphatic carbocycles. The van der Waals surface area contributed by atoms with Gasteiger partial charge in [0.25, 0.3) is 0 Å². The van der Waals surface area contributed by atoms with Crippen LogP contribution in [0.2, 0.25) is 0 Å². The van der Waals surface area contributed by atoms with Gasteiger partial charge < -0.3 is 32.0 Å². The van der Waals surface area contributed by atoms with Crippen LogP contribution in [0.3, 0.4) is 0 Å². The summed E-state index contributed by atoms with van der Waals surface area (Å²) in [6, 6.07) is 2.68. The highest BCUT2D eigenvalue weighted by molar-refractivity contribution is 5.97. The van der Waals surface area contributed by atoms with Crippen molar-refractivity contribution in [2.45, 2.75) is 84.5 Å². The summed E-state index contributed by atoms with van der Waals surface area (Å²) in [6.07, 6.45) is 2.16. The number of hydrogen-bond acceptors (Lipinski definition) is 7. The van der Waals surface area contributed by atoms with Gasteiger partial charge in [0.05, 0.1) is 6.42 Å². The number of hydrogen-bond donors (Lipinski definition) is 8. The number of rotatable bonds is 16. The fraction of sp³-hybridized carbons (Fsp3) is 0.517. The van der Waals surface area contributed by atoms with E-state index in [2.05, 4.69) is 26.3 Å². The van der Waals surface area contributed by atoms with Crippen molar-refractivity contribution in [2.24, 2.45) is 17.6 Å². The highest BCUT2D eigenvalue weighted by atomic mass is 16.5. The Morgan fingerprint density at radius 1 is 0.837 bits per heavy atom. The van der Waals surface area contributed by atoms with E-state index in [9.17, 15) is 28.8 Å². The zero-order valence-corrected chi connectivity index (χ0v) is 25.2. The molecule has 2 aromatic rings. The smallest absolute Gasteiger partial charge is 0.245 e. The highest BCUT2D eigenvalue weighted by Crippen LogP contribution is 2.20. The first kappa shape index (κ1) is 34.7. The second kappa shape index (κ2) is 16.2. The second-order valence-corrected chi connectivity index (χ2v) is 10.8. The molecule has 6 atom stereocenters. The van der Waals surface area contributed by atoms with E-state index in [1.807, 2.05) is 45.0 Å². The number of aromatic nitrogens is 1. The highest BCUT2D eigenvalue weighted by Gasteiger charge is 2.34. The van der Waals surface area contributed by atoms with Crippen LogP contribution >= 0.6 is 0 Å². The largest absolute Gasteiger partial charge is 0.368 e. The van der Waals surface area contributed by atoms with Gasteiger partial charge in [-0.15, -0.1) is 0 Å². The number of primary amides is 1. The first-order chi connectivity index (χ1) is 20.3. The minimum atomic E-state index is -1.47. The maximum atomic E-state index is 13.7. The lowest BCUT2D eigenvalue weighted by Gasteiger charge is -2.30. The Bertz CT molecular complexity index is 1310. The number of amides is 6. The number of hydroxylamine groups is 1. The van der Waals surface area contributed by atoms with Crippen molar-refractivity contribution in [3.63, 3.8) is 0 Å². The number of nitrogens with two attached hydrogens (primary N) is 1. The third-order valence-corrected chi connectivity index (χ3v) is 7.55. The number of H-pyrrole nitrogens is 1. The number of nitrogens with one attached hydrogen (secondary N) is 6. The van der Waals surface area contributed by atoms with Crippen LogP contribution in [-0.4, -0.2) is 69.8 Å². The van der Waals surface area contributed by atoms with Crippen molar-refractivity contribution in [1.82, 2.24) is 31.7 Å². The quantitative estimate of drug-likeness (QED) is 0.0980. The third-order valence-electron chi connectivity index (χ3n) is 7.55. The topological polar surface area (TPSA) is 225 Å². The fourth-order valence-corrected chi connectivity index (χ4v) is 4.58. The van der Waals surface area contributed by atoms with Crippen molar-refractivity contribution < 1.29 is 34.0 Å². The van der Waals surface area contributed by atoms with E-state index in [-0.39, 0.29) is 24.2 Å². The van der Waals surface area contributed by atoms with Gasteiger partial charge in [0.1, 0.15) is 24.2 Å². The summed E-state index contributed by atoms with van der Waals surface area (Å²) in [5, 5.41) is 20.2. The molecule has 2 unspecified atom stereocenters. The molecule has 2 rings (SSSR count). The number of carbonyl (C=O) groups is 6. The van der Waals surface area contributed by atoms with Crippen molar-refractivity contribution in [3.8, 4) is 0 Å². The average molecular weight is 602 g/mol. The number of aromatic amines is 1. The lowest BCUT2D eigenvalue weighted by Crippen LogP contribution is -2.60. The van der Waals surface area contributed by atoms with Crippen molar-refractivity contribution in [1.29, 1.82) is 0 Å². The predicted molar refractivity (Wildman–Crippen MR) is 158 cm³/mol. The monoisotopic (exact) mass is 601 g/mol. The van der Waals surface area contributed by atoms with E-state index < -0.39 is 60.1 Å². The molecule has 0 fully saturated rings. The van der Waals surface area contributed by atoms with Crippen molar-refractivity contribution >= 4 is 46.3 Å². The molecule has 0 aliphatic rings. The molecule has 1 aromatic carbocycles. The summed E-state index contributed by atoms with van der Waals surface area (Å²) in [7, 11) is 0. The molecule has 0 radical (unpaired) electrons. The number of para-hydroxylation sites is 1. The Morgan fingerprint density at radius 2 is 1.40 bits per heavy atom. The molecular formula is C29H43N7O7. The van der Waals surface area contributed by atoms with Crippen LogP contribution in [0.15, 0.2) is 30.5 Å². The molecule has 6 amide bonds. The molecule has 0 saturated heterocycles. The lowest BCUT2D eigenvalue weighted by molar-refractivity contribution is -0.136. The van der Waals surface area contributed by atoms with Crippen molar-refractivity contribution in [2.75, 3.05) is 0 Å². The number of fused-ring (bicyclic) bond motifs is 1. The van der Waals surface area contributed by atoms with Crippen LogP contribution in [0.4, 0.5) is 0 Å². The molecule has 14 nitrogen and oxygen atoms in total. The van der Waals surface area contributed by atoms with Gasteiger partial charge in [0, 0.05) is 30.4 Å². The molecule has 236 valence electrons. The Balaban J connectivity index is 2.40. The first-order valence-electron chi connectivity index (χ1n) is 14.3. The van der Waals surface area contributed by atoms with E-state index >= 15 is 0 Å². The summed E-state index contributed by atoms with van der Waals surface area (Å²) in [5.41, 5.74) is 8.25. The molecule has 43 heavy (non-hydrogen) atoms. The van der Waals surface area contributed by atoms with Gasteiger partial charge in [-0.2, -0.15) is 0 Å². The predicted octanol–water partition coefficient (Wildman–Crippen LogP) is 0.143. The molecule has 0 spiro atoms. The molecule has 0 bridgehead atoms. The molecule has 14 heteroatoms. The standard InChI is InChI=1S/C29H43N7O7/c1-6-15(3)24(32-17(5)37)29(42)35-25(16(4)7-2)28(41)34-22(12-18-14-31-20-11-9-8-10-19(18)20)27(40)33-21(26(30)39)13-23(38)36-43/h8-11,14-16,21-22,24-25,31,43H,6-7,12-13H2,1-5H3,(H2,30,39)(H,32,37)(H,33,40)(H,34,41)(H,35,42)(H,36,38)/t15?,16?,21-,22-,24-,25-/m0/s1. The Kier molecular flexibility index (Phi) is 13.1. The van der Waals surface area contributed by atoms with Gasteiger partial charge in [0.2, 0.25) is 35.4 Å². The fourth-order valence-electron chi connectivity index (χ4n) is 4.58. The van der Waals surface area contributed by atoms with E-state index in [4.69, 9.17) is 10.9 Å². The molecule has 1 heterocycles. The average Bonchev–Trinajstić information content (AvgIpc) is 3.39. The Labute approximate surface area is 250 Å². The third kappa shape index (κ3) is 9.81. The zero-order chi connectivity index (χ0) is 32.3. The Hall–Kier alpha value is -4.46. The maximum Gasteiger partial charge on any atom is 0.245 e. The first-order valence-corrected chi connectivity index (χ1v) is 14.3. The summed E-state index contributed by atoms with van der Waals surface area (Å²) >= 11 is 0. The Morgan fingerprint density at radius 3 is 1.95 bits per heavy atom. The minimum Gasteiger partial charge on any atom is -0.368 e. The molecule has 1 aromatic heterocycles. The molecule has 0 saturated carbocycles. The summed E-state index contributed by atoms with van der Waals surface area (Å²) in [4.78, 5) is 79.1. The SMILES string of the molecule is CCC(C)[C@H](NC(C)=O)C(=O)N[C@H](C(=O)N[C@@H](Cc1c[nH]c2ccccc12)C(=O)N[C@@H](CC(=O)NO)C(N)=O)C(C)CC. The molecular weight excluding hydrogens is 558 g/mol. The van der Waals surface area contributed by atoms with Gasteiger partial charge >= 0.3 is 0 Å². The summed E-state index contributed by atoms with van der Waals surface area (Å²) in [6.45, 7) is 8.61. The van der Waals surface area contributed by atoms with E-state index in [1.165, 1.54) is 12.4 Å². The van der Waals surface area contributed by atoms with Crippen LogP contribution in [0.1, 0.15) is 59.4 Å². The van der Waals surface area contributed by atoms with Gasteiger partial charge in [-0.25, -0.2) is 5.48 Å². The molecule has 0 aliphatic heterocycles. The number of carbonyl (C=O) groups excluding carboxylic acids is 6.